The standard InChI is InChI=1S/C19H19ClF3N5O4S2/c1-9(7-32-16(29)19(21,22)23)25-14-13-15(28-18(30)34-13)27-17(26-14)33-8-10-2-3-12(11(20)6-10)31-5-4-24/h2-3,6,9H,4-5,7-8,24H2,1H3,(H2,25,26,27,28,30)/t9-/m1/s1. The van der Waals surface area contributed by atoms with Crippen molar-refractivity contribution >= 4 is 56.8 Å². The quantitative estimate of drug-likeness (QED) is 0.202. The maximum Gasteiger partial charge on any atom is 0.490 e. The van der Waals surface area contributed by atoms with Gasteiger partial charge in [0.2, 0.25) is 0 Å². The Hall–Kier alpha value is -2.55. The summed E-state index contributed by atoms with van der Waals surface area (Å²) < 4.78 is 47.1. The van der Waals surface area contributed by atoms with E-state index < -0.39 is 24.8 Å². The van der Waals surface area contributed by atoms with Gasteiger partial charge in [0.25, 0.3) is 0 Å². The van der Waals surface area contributed by atoms with Gasteiger partial charge in [-0.15, -0.1) is 0 Å². The highest BCUT2D eigenvalue weighted by molar-refractivity contribution is 7.98. The van der Waals surface area contributed by atoms with Crippen LogP contribution in [0.1, 0.15) is 12.5 Å². The van der Waals surface area contributed by atoms with E-state index in [0.29, 0.717) is 39.5 Å². The first-order valence-electron chi connectivity index (χ1n) is 9.72. The van der Waals surface area contributed by atoms with Crippen LogP contribution in [-0.4, -0.2) is 52.9 Å². The molecule has 3 rings (SSSR count). The van der Waals surface area contributed by atoms with Crippen LogP contribution in [-0.2, 0) is 15.3 Å². The molecule has 2 aromatic heterocycles. The molecule has 184 valence electrons. The third-order valence-corrected chi connectivity index (χ3v) is 6.17. The summed E-state index contributed by atoms with van der Waals surface area (Å²) in [6, 6.07) is 4.57. The summed E-state index contributed by atoms with van der Waals surface area (Å²) in [6.07, 6.45) is -5.08. The van der Waals surface area contributed by atoms with Crippen LogP contribution in [0.4, 0.5) is 19.0 Å². The van der Waals surface area contributed by atoms with E-state index in [-0.39, 0.29) is 16.3 Å². The molecule has 4 N–H and O–H groups in total. The average molecular weight is 538 g/mol. The summed E-state index contributed by atoms with van der Waals surface area (Å²) >= 11 is 8.34. The molecule has 0 saturated carbocycles. The maximum atomic E-state index is 12.3. The summed E-state index contributed by atoms with van der Waals surface area (Å²) in [5.41, 5.74) is 6.56. The molecule has 0 amide bonds. The summed E-state index contributed by atoms with van der Waals surface area (Å²) in [5.74, 6) is -1.10. The Balaban J connectivity index is 1.72. The fourth-order valence-electron chi connectivity index (χ4n) is 2.61. The van der Waals surface area contributed by atoms with Gasteiger partial charge in [-0.3, -0.25) is 9.78 Å². The number of thiazole rings is 1. The Kier molecular flexibility index (Phi) is 8.62. The molecule has 0 radical (unpaired) electrons. The number of carbonyl (C=O) groups is 1. The van der Waals surface area contributed by atoms with E-state index in [1.54, 1.807) is 12.1 Å². The lowest BCUT2D eigenvalue weighted by atomic mass is 10.2. The molecule has 9 nitrogen and oxygen atoms in total. The summed E-state index contributed by atoms with van der Waals surface area (Å²) in [5, 5.41) is 3.61. The van der Waals surface area contributed by atoms with Crippen LogP contribution < -0.4 is 20.7 Å². The average Bonchev–Trinajstić information content (AvgIpc) is 3.15. The number of fused-ring (bicyclic) bond motifs is 1. The fourth-order valence-corrected chi connectivity index (χ4v) is 4.39. The lowest BCUT2D eigenvalue weighted by Crippen LogP contribution is -2.31. The zero-order valence-electron chi connectivity index (χ0n) is 17.6. The number of aromatic nitrogens is 3. The number of aromatic amines is 1. The highest BCUT2D eigenvalue weighted by Gasteiger charge is 2.41. The SMILES string of the molecule is C[C@H](COC(=O)C(F)(F)F)Nc1nc(SCc2ccc(OCCN)c(Cl)c2)nc2[nH]c(=O)sc12. The van der Waals surface area contributed by atoms with Crippen LogP contribution in [0.15, 0.2) is 28.2 Å². The number of halogens is 4. The van der Waals surface area contributed by atoms with Gasteiger partial charge in [-0.1, -0.05) is 40.8 Å². The number of anilines is 1. The molecule has 0 fully saturated rings. The second-order valence-electron chi connectivity index (χ2n) is 6.88. The van der Waals surface area contributed by atoms with Crippen molar-refractivity contribution in [2.24, 2.45) is 5.73 Å². The van der Waals surface area contributed by atoms with Crippen LogP contribution in [0.5, 0.6) is 5.75 Å². The van der Waals surface area contributed by atoms with Crippen LogP contribution in [0.25, 0.3) is 10.3 Å². The van der Waals surface area contributed by atoms with Gasteiger partial charge in [0.05, 0.1) is 11.1 Å². The topological polar surface area (TPSA) is 132 Å². The normalized spacial score (nSPS) is 12.5. The van der Waals surface area contributed by atoms with Crippen molar-refractivity contribution in [3.8, 4) is 5.75 Å². The molecule has 34 heavy (non-hydrogen) atoms. The third-order valence-electron chi connectivity index (χ3n) is 4.08. The first-order chi connectivity index (χ1) is 16.1. The summed E-state index contributed by atoms with van der Waals surface area (Å²) in [4.78, 5) is 33.7. The van der Waals surface area contributed by atoms with Crippen molar-refractivity contribution in [1.29, 1.82) is 0 Å². The first kappa shape index (κ1) is 26.1. The van der Waals surface area contributed by atoms with Crippen molar-refractivity contribution in [2.75, 3.05) is 25.1 Å². The second kappa shape index (κ2) is 11.3. The minimum absolute atomic E-state index is 0.231. The number of hydrogen-bond acceptors (Lipinski definition) is 10. The molecule has 0 aliphatic carbocycles. The molecule has 2 heterocycles. The van der Waals surface area contributed by atoms with Gasteiger partial charge in [-0.2, -0.15) is 13.2 Å². The first-order valence-corrected chi connectivity index (χ1v) is 11.9. The predicted octanol–water partition coefficient (Wildman–Crippen LogP) is 3.57. The molecular weight excluding hydrogens is 519 g/mol. The number of esters is 1. The Morgan fingerprint density at radius 3 is 2.82 bits per heavy atom. The van der Waals surface area contributed by atoms with Gasteiger partial charge in [0, 0.05) is 12.3 Å². The number of alkyl halides is 3. The largest absolute Gasteiger partial charge is 0.491 e. The number of nitrogens with zero attached hydrogens (tertiary/aromatic N) is 2. The maximum absolute atomic E-state index is 12.3. The van der Waals surface area contributed by atoms with Gasteiger partial charge in [-0.05, 0) is 24.6 Å². The van der Waals surface area contributed by atoms with E-state index in [9.17, 15) is 22.8 Å². The monoisotopic (exact) mass is 537 g/mol. The highest BCUT2D eigenvalue weighted by Crippen LogP contribution is 2.30. The van der Waals surface area contributed by atoms with E-state index in [2.05, 4.69) is 25.0 Å². The lowest BCUT2D eigenvalue weighted by Gasteiger charge is -2.16. The molecule has 15 heteroatoms. The van der Waals surface area contributed by atoms with Gasteiger partial charge >= 0.3 is 17.0 Å². The smallest absolute Gasteiger partial charge is 0.490 e. The van der Waals surface area contributed by atoms with Gasteiger partial charge < -0.3 is 20.5 Å². The number of thioether (sulfide) groups is 1. The molecule has 1 aromatic carbocycles. The molecule has 0 aliphatic rings. The molecule has 0 spiro atoms. The van der Waals surface area contributed by atoms with Crippen molar-refractivity contribution in [2.45, 2.75) is 30.1 Å². The Bertz CT molecular complexity index is 1220. The number of nitrogens with one attached hydrogen (secondary N) is 2. The lowest BCUT2D eigenvalue weighted by molar-refractivity contribution is -0.199. The zero-order valence-corrected chi connectivity index (χ0v) is 20.0. The molecule has 0 unspecified atom stereocenters. The summed E-state index contributed by atoms with van der Waals surface area (Å²) in [6.45, 7) is 1.65. The highest BCUT2D eigenvalue weighted by atomic mass is 35.5. The minimum atomic E-state index is -5.08. The van der Waals surface area contributed by atoms with E-state index in [0.717, 1.165) is 16.9 Å². The zero-order chi connectivity index (χ0) is 24.9. The Labute approximate surface area is 204 Å². The third kappa shape index (κ3) is 6.98. The molecule has 0 aliphatic heterocycles. The molecular formula is C19H19ClF3N5O4S2. The number of rotatable bonds is 10. The van der Waals surface area contributed by atoms with Crippen molar-refractivity contribution < 1.29 is 27.4 Å². The van der Waals surface area contributed by atoms with E-state index in [1.807, 2.05) is 6.07 Å². The molecule has 1 atom stereocenters. The van der Waals surface area contributed by atoms with Crippen LogP contribution in [0, 0.1) is 0 Å². The molecule has 0 saturated heterocycles. The fraction of sp³-hybridized carbons (Fsp3) is 0.368. The number of benzene rings is 1. The van der Waals surface area contributed by atoms with Gasteiger partial charge in [0.15, 0.2) is 16.6 Å². The van der Waals surface area contributed by atoms with Crippen LogP contribution in [0.3, 0.4) is 0 Å². The number of carbonyl (C=O) groups excluding carboxylic acids is 1. The van der Waals surface area contributed by atoms with Gasteiger partial charge in [0.1, 0.15) is 23.7 Å². The van der Waals surface area contributed by atoms with E-state index >= 15 is 0 Å². The minimum Gasteiger partial charge on any atom is -0.491 e. The number of hydrogen-bond donors (Lipinski definition) is 3. The summed E-state index contributed by atoms with van der Waals surface area (Å²) in [7, 11) is 0. The Morgan fingerprint density at radius 2 is 2.15 bits per heavy atom. The number of nitrogens with two attached hydrogens (primary N) is 1. The van der Waals surface area contributed by atoms with E-state index in [1.165, 1.54) is 18.7 Å². The molecule has 3 aromatic rings. The Morgan fingerprint density at radius 1 is 1.38 bits per heavy atom. The second-order valence-corrected chi connectivity index (χ2v) is 9.21. The van der Waals surface area contributed by atoms with Crippen molar-refractivity contribution in [3.63, 3.8) is 0 Å². The van der Waals surface area contributed by atoms with Crippen LogP contribution in [0.2, 0.25) is 5.02 Å². The number of ether oxygens (including phenoxy) is 2. The van der Waals surface area contributed by atoms with Gasteiger partial charge in [-0.25, -0.2) is 14.8 Å². The van der Waals surface area contributed by atoms with Crippen molar-refractivity contribution in [1.82, 2.24) is 15.0 Å². The van der Waals surface area contributed by atoms with Crippen LogP contribution >= 0.6 is 34.7 Å². The molecule has 0 bridgehead atoms. The van der Waals surface area contributed by atoms with E-state index in [4.69, 9.17) is 22.1 Å². The number of H-pyrrole nitrogens is 1. The predicted molar refractivity (Wildman–Crippen MR) is 124 cm³/mol. The van der Waals surface area contributed by atoms with Crippen molar-refractivity contribution in [3.05, 3.63) is 38.5 Å².